The summed E-state index contributed by atoms with van der Waals surface area (Å²) in [5.41, 5.74) is 0. The van der Waals surface area contributed by atoms with E-state index in [1.54, 1.807) is 0 Å². The Labute approximate surface area is 109 Å². The fourth-order valence-corrected chi connectivity index (χ4v) is 1.63. The van der Waals surface area contributed by atoms with Crippen LogP contribution >= 0.6 is 0 Å². The second kappa shape index (κ2) is 7.43. The zero-order chi connectivity index (χ0) is 14.6. The fourth-order valence-electron chi connectivity index (χ4n) is 1.63. The maximum Gasteiger partial charge on any atom is 0.186 e. The summed E-state index contributed by atoms with van der Waals surface area (Å²) in [5, 5.41) is 64.5. The predicted octanol–water partition coefficient (Wildman–Crippen LogP) is -4.48. The van der Waals surface area contributed by atoms with Gasteiger partial charge in [-0.05, 0) is 0 Å². The van der Waals surface area contributed by atoms with E-state index in [1.807, 2.05) is 0 Å². The molecule has 0 saturated carbocycles. The summed E-state index contributed by atoms with van der Waals surface area (Å²) >= 11 is 0. The third-order valence-corrected chi connectivity index (χ3v) is 2.91. The summed E-state index contributed by atoms with van der Waals surface area (Å²) in [7, 11) is 0. The van der Waals surface area contributed by atoms with Crippen molar-refractivity contribution in [1.82, 2.24) is 0 Å². The van der Waals surface area contributed by atoms with Crippen LogP contribution in [0.2, 0.25) is 0 Å². The molecule has 1 heterocycles. The molecule has 0 aromatic carbocycles. The van der Waals surface area contributed by atoms with Gasteiger partial charge in [-0.15, -0.1) is 0 Å². The SMILES string of the molecule is OC[C@H](O)[C@H](O)COC1O[C@H](CO)[C@@H](O)[C@H](O)[C@@H]1O. The molecular weight excluding hydrogens is 264 g/mol. The van der Waals surface area contributed by atoms with Gasteiger partial charge in [-0.3, -0.25) is 0 Å². The molecule has 0 aromatic heterocycles. The zero-order valence-electron chi connectivity index (χ0n) is 10.1. The molecule has 0 radical (unpaired) electrons. The molecule has 0 spiro atoms. The van der Waals surface area contributed by atoms with Crippen LogP contribution in [0.5, 0.6) is 0 Å². The van der Waals surface area contributed by atoms with Crippen molar-refractivity contribution in [3.05, 3.63) is 0 Å². The molecule has 0 bridgehead atoms. The minimum absolute atomic E-state index is 0.468. The minimum Gasteiger partial charge on any atom is -0.394 e. The number of hydrogen-bond acceptors (Lipinski definition) is 9. The van der Waals surface area contributed by atoms with Crippen molar-refractivity contribution in [1.29, 1.82) is 0 Å². The van der Waals surface area contributed by atoms with Crippen molar-refractivity contribution in [2.75, 3.05) is 19.8 Å². The van der Waals surface area contributed by atoms with Crippen molar-refractivity contribution in [3.8, 4) is 0 Å². The number of ether oxygens (including phenoxy) is 2. The largest absolute Gasteiger partial charge is 0.394 e. The smallest absolute Gasteiger partial charge is 0.186 e. The standard InChI is InChI=1S/C10H20O9/c11-1-4(13)5(14)3-18-10-9(17)8(16)7(15)6(2-12)19-10/h4-17H,1-3H2/t4-,5+,6+,7+,8-,9-,10?/m0/s1. The third-order valence-electron chi connectivity index (χ3n) is 2.91. The van der Waals surface area contributed by atoms with Crippen LogP contribution in [0.1, 0.15) is 0 Å². The highest BCUT2D eigenvalue weighted by Gasteiger charge is 2.44. The van der Waals surface area contributed by atoms with Gasteiger partial charge in [-0.25, -0.2) is 0 Å². The first-order chi connectivity index (χ1) is 8.92. The van der Waals surface area contributed by atoms with Crippen molar-refractivity contribution in [2.45, 2.75) is 42.9 Å². The van der Waals surface area contributed by atoms with Gasteiger partial charge in [0.25, 0.3) is 0 Å². The summed E-state index contributed by atoms with van der Waals surface area (Å²) in [6.07, 6.45) is -9.94. The molecule has 0 aromatic rings. The monoisotopic (exact) mass is 284 g/mol. The van der Waals surface area contributed by atoms with Crippen LogP contribution in [0.4, 0.5) is 0 Å². The van der Waals surface area contributed by atoms with E-state index in [0.29, 0.717) is 0 Å². The highest BCUT2D eigenvalue weighted by Crippen LogP contribution is 2.22. The van der Waals surface area contributed by atoms with Gasteiger partial charge in [0.15, 0.2) is 6.29 Å². The summed E-state index contributed by atoms with van der Waals surface area (Å²) in [4.78, 5) is 0. The van der Waals surface area contributed by atoms with E-state index in [-0.39, 0.29) is 0 Å². The van der Waals surface area contributed by atoms with Crippen LogP contribution in [0.15, 0.2) is 0 Å². The Hall–Kier alpha value is -0.360. The van der Waals surface area contributed by atoms with Gasteiger partial charge in [-0.2, -0.15) is 0 Å². The van der Waals surface area contributed by atoms with E-state index in [4.69, 9.17) is 24.8 Å². The van der Waals surface area contributed by atoms with Crippen LogP contribution in [-0.2, 0) is 9.47 Å². The molecule has 1 aliphatic heterocycles. The Morgan fingerprint density at radius 2 is 1.58 bits per heavy atom. The average Bonchev–Trinajstić information content (AvgIpc) is 2.42. The molecule has 7 atom stereocenters. The maximum absolute atomic E-state index is 9.59. The summed E-state index contributed by atoms with van der Waals surface area (Å²) in [6.45, 7) is -1.73. The highest BCUT2D eigenvalue weighted by molar-refractivity contribution is 4.89. The lowest BCUT2D eigenvalue weighted by Crippen LogP contribution is -2.59. The molecule has 19 heavy (non-hydrogen) atoms. The quantitative estimate of drug-likeness (QED) is 0.255. The topological polar surface area (TPSA) is 160 Å². The summed E-state index contributed by atoms with van der Waals surface area (Å²) in [6, 6.07) is 0. The highest BCUT2D eigenvalue weighted by atomic mass is 16.7. The lowest BCUT2D eigenvalue weighted by atomic mass is 9.99. The van der Waals surface area contributed by atoms with Gasteiger partial charge < -0.3 is 45.2 Å². The Balaban J connectivity index is 2.52. The molecule has 7 N–H and O–H groups in total. The second-order valence-electron chi connectivity index (χ2n) is 4.35. The van der Waals surface area contributed by atoms with E-state index < -0.39 is 62.7 Å². The van der Waals surface area contributed by atoms with Gasteiger partial charge in [0.05, 0.1) is 19.8 Å². The van der Waals surface area contributed by atoms with Gasteiger partial charge in [-0.1, -0.05) is 0 Å². The fraction of sp³-hybridized carbons (Fsp3) is 1.00. The van der Waals surface area contributed by atoms with Crippen LogP contribution in [-0.4, -0.2) is 98.5 Å². The van der Waals surface area contributed by atoms with Gasteiger partial charge in [0, 0.05) is 0 Å². The molecule has 1 unspecified atom stereocenters. The van der Waals surface area contributed by atoms with Crippen LogP contribution in [0, 0.1) is 0 Å². The van der Waals surface area contributed by atoms with E-state index >= 15 is 0 Å². The molecule has 1 aliphatic rings. The Bertz CT molecular complexity index is 261. The molecule has 9 heteroatoms. The summed E-state index contributed by atoms with van der Waals surface area (Å²) in [5.74, 6) is 0. The Morgan fingerprint density at radius 3 is 2.11 bits per heavy atom. The average molecular weight is 284 g/mol. The van der Waals surface area contributed by atoms with E-state index in [9.17, 15) is 20.4 Å². The van der Waals surface area contributed by atoms with Gasteiger partial charge >= 0.3 is 0 Å². The van der Waals surface area contributed by atoms with E-state index in [1.165, 1.54) is 0 Å². The number of aliphatic hydroxyl groups excluding tert-OH is 7. The first-order valence-electron chi connectivity index (χ1n) is 5.81. The summed E-state index contributed by atoms with van der Waals surface area (Å²) < 4.78 is 9.96. The molecular formula is C10H20O9. The lowest BCUT2D eigenvalue weighted by Gasteiger charge is -2.39. The minimum atomic E-state index is -1.57. The normalized spacial score (nSPS) is 39.0. The van der Waals surface area contributed by atoms with Crippen LogP contribution in [0.25, 0.3) is 0 Å². The second-order valence-corrected chi connectivity index (χ2v) is 4.35. The van der Waals surface area contributed by atoms with Crippen molar-refractivity contribution < 1.29 is 45.2 Å². The molecule has 9 nitrogen and oxygen atoms in total. The van der Waals surface area contributed by atoms with Crippen LogP contribution < -0.4 is 0 Å². The zero-order valence-corrected chi connectivity index (χ0v) is 10.1. The molecule has 0 aliphatic carbocycles. The molecule has 114 valence electrons. The van der Waals surface area contributed by atoms with Gasteiger partial charge in [0.1, 0.15) is 36.6 Å². The van der Waals surface area contributed by atoms with Crippen molar-refractivity contribution in [3.63, 3.8) is 0 Å². The lowest BCUT2D eigenvalue weighted by molar-refractivity contribution is -0.306. The first kappa shape index (κ1) is 16.7. The molecule has 1 fully saturated rings. The number of hydrogen-bond donors (Lipinski definition) is 7. The number of rotatable bonds is 6. The van der Waals surface area contributed by atoms with E-state index in [0.717, 1.165) is 0 Å². The predicted molar refractivity (Wildman–Crippen MR) is 58.8 cm³/mol. The first-order valence-corrected chi connectivity index (χ1v) is 5.81. The van der Waals surface area contributed by atoms with E-state index in [2.05, 4.69) is 0 Å². The molecule has 1 rings (SSSR count). The van der Waals surface area contributed by atoms with Crippen molar-refractivity contribution in [2.24, 2.45) is 0 Å². The third kappa shape index (κ3) is 4.05. The number of aliphatic hydroxyl groups is 7. The van der Waals surface area contributed by atoms with Gasteiger partial charge in [0.2, 0.25) is 0 Å². The Morgan fingerprint density at radius 1 is 0.947 bits per heavy atom. The van der Waals surface area contributed by atoms with Crippen LogP contribution in [0.3, 0.4) is 0 Å². The van der Waals surface area contributed by atoms with Crippen molar-refractivity contribution >= 4 is 0 Å². The molecule has 1 saturated heterocycles. The molecule has 0 amide bonds. The Kier molecular flexibility index (Phi) is 6.53. The maximum atomic E-state index is 9.59.